The first-order chi connectivity index (χ1) is 11.6. The average Bonchev–Trinajstić information content (AvgIpc) is 3.25. The number of anilines is 2. The van der Waals surface area contributed by atoms with Crippen LogP contribution >= 0.6 is 11.3 Å². The number of carbonyl (C=O) groups excluding carboxylic acids is 3. The number of amides is 4. The van der Waals surface area contributed by atoms with Gasteiger partial charge in [-0.3, -0.25) is 14.5 Å². The lowest BCUT2D eigenvalue weighted by atomic mass is 10.2. The second kappa shape index (κ2) is 7.14. The molecule has 1 aromatic carbocycles. The largest absolute Gasteiger partial charge is 0.374 e. The summed E-state index contributed by atoms with van der Waals surface area (Å²) in [5.41, 5.74) is 1.20. The van der Waals surface area contributed by atoms with Gasteiger partial charge in [0, 0.05) is 13.1 Å². The van der Waals surface area contributed by atoms with Crippen molar-refractivity contribution in [3.8, 4) is 0 Å². The number of imide groups is 1. The van der Waals surface area contributed by atoms with E-state index < -0.39 is 0 Å². The van der Waals surface area contributed by atoms with Gasteiger partial charge in [0.05, 0.1) is 22.8 Å². The molecule has 0 spiro atoms. The second-order valence-electron chi connectivity index (χ2n) is 5.11. The predicted octanol–water partition coefficient (Wildman–Crippen LogP) is 1.96. The van der Waals surface area contributed by atoms with Crippen LogP contribution in [0.3, 0.4) is 0 Å². The number of benzene rings is 1. The number of para-hydroxylation sites is 2. The Labute approximate surface area is 142 Å². The van der Waals surface area contributed by atoms with Crippen LogP contribution in [-0.2, 0) is 4.79 Å². The third kappa shape index (κ3) is 3.54. The van der Waals surface area contributed by atoms with Gasteiger partial charge in [-0.25, -0.2) is 4.79 Å². The zero-order valence-electron chi connectivity index (χ0n) is 12.7. The van der Waals surface area contributed by atoms with E-state index in [-0.39, 0.29) is 24.4 Å². The Hall–Kier alpha value is -2.87. The molecule has 1 aliphatic heterocycles. The summed E-state index contributed by atoms with van der Waals surface area (Å²) in [5, 5.41) is 10.2. The van der Waals surface area contributed by atoms with Gasteiger partial charge in [-0.15, -0.1) is 11.3 Å². The monoisotopic (exact) mass is 344 g/mol. The molecule has 1 aliphatic rings. The number of rotatable bonds is 5. The molecule has 2 heterocycles. The smallest absolute Gasteiger partial charge is 0.324 e. The van der Waals surface area contributed by atoms with Crippen molar-refractivity contribution in [1.29, 1.82) is 0 Å². The van der Waals surface area contributed by atoms with E-state index in [0.29, 0.717) is 29.3 Å². The standard InChI is InChI=1S/C16H16N4O3S/c21-14(20-8-7-17-16(20)23)10-18-11-4-1-2-5-12(11)19-15(22)13-6-3-9-24-13/h1-6,9,18H,7-8,10H2,(H,17,23)(H,19,22). The molecule has 3 rings (SSSR count). The van der Waals surface area contributed by atoms with E-state index in [4.69, 9.17) is 0 Å². The summed E-state index contributed by atoms with van der Waals surface area (Å²) >= 11 is 1.35. The summed E-state index contributed by atoms with van der Waals surface area (Å²) in [5.74, 6) is -0.520. The summed E-state index contributed by atoms with van der Waals surface area (Å²) in [6.45, 7) is 0.813. The van der Waals surface area contributed by atoms with Crippen molar-refractivity contribution in [2.24, 2.45) is 0 Å². The number of urea groups is 1. The van der Waals surface area contributed by atoms with Crippen molar-refractivity contribution in [2.75, 3.05) is 30.3 Å². The Bertz CT molecular complexity index is 760. The maximum absolute atomic E-state index is 12.2. The predicted molar refractivity (Wildman–Crippen MR) is 92.3 cm³/mol. The lowest BCUT2D eigenvalue weighted by molar-refractivity contribution is -0.125. The van der Waals surface area contributed by atoms with Crippen molar-refractivity contribution in [3.63, 3.8) is 0 Å². The molecule has 4 amide bonds. The molecule has 0 bridgehead atoms. The molecule has 0 aliphatic carbocycles. The highest BCUT2D eigenvalue weighted by Gasteiger charge is 2.25. The number of hydrogen-bond donors (Lipinski definition) is 3. The van der Waals surface area contributed by atoms with Gasteiger partial charge in [0.2, 0.25) is 5.91 Å². The van der Waals surface area contributed by atoms with Crippen LogP contribution in [0.5, 0.6) is 0 Å². The minimum absolute atomic E-state index is 0.0285. The first-order valence-electron chi connectivity index (χ1n) is 7.41. The molecular formula is C16H16N4O3S. The quantitative estimate of drug-likeness (QED) is 0.773. The van der Waals surface area contributed by atoms with Gasteiger partial charge >= 0.3 is 6.03 Å². The van der Waals surface area contributed by atoms with E-state index in [9.17, 15) is 14.4 Å². The topological polar surface area (TPSA) is 90.5 Å². The number of nitrogens with one attached hydrogen (secondary N) is 3. The first kappa shape index (κ1) is 16.0. The maximum atomic E-state index is 12.2. The number of hydrogen-bond acceptors (Lipinski definition) is 5. The lowest BCUT2D eigenvalue weighted by Gasteiger charge is -2.15. The third-order valence-corrected chi connectivity index (χ3v) is 4.38. The summed E-state index contributed by atoms with van der Waals surface area (Å²) in [7, 11) is 0. The average molecular weight is 344 g/mol. The zero-order chi connectivity index (χ0) is 16.9. The molecular weight excluding hydrogens is 328 g/mol. The van der Waals surface area contributed by atoms with Crippen LogP contribution in [0.2, 0.25) is 0 Å². The highest BCUT2D eigenvalue weighted by molar-refractivity contribution is 7.12. The molecule has 124 valence electrons. The molecule has 1 saturated heterocycles. The van der Waals surface area contributed by atoms with Crippen LogP contribution in [-0.4, -0.2) is 42.4 Å². The molecule has 1 aromatic heterocycles. The SMILES string of the molecule is O=C(Nc1ccccc1NCC(=O)N1CCNC1=O)c1cccs1. The van der Waals surface area contributed by atoms with Gasteiger partial charge < -0.3 is 16.0 Å². The van der Waals surface area contributed by atoms with Crippen LogP contribution in [0.1, 0.15) is 9.67 Å². The third-order valence-electron chi connectivity index (χ3n) is 3.51. The van der Waals surface area contributed by atoms with E-state index in [2.05, 4.69) is 16.0 Å². The van der Waals surface area contributed by atoms with Gasteiger partial charge in [0.15, 0.2) is 0 Å². The Kier molecular flexibility index (Phi) is 4.76. The summed E-state index contributed by atoms with van der Waals surface area (Å²) in [4.78, 5) is 37.5. The maximum Gasteiger partial charge on any atom is 0.324 e. The minimum atomic E-state index is -0.374. The Morgan fingerprint density at radius 2 is 1.96 bits per heavy atom. The highest BCUT2D eigenvalue weighted by Crippen LogP contribution is 2.22. The number of thiophene rings is 1. The molecule has 3 N–H and O–H groups in total. The second-order valence-corrected chi connectivity index (χ2v) is 6.06. The number of carbonyl (C=O) groups is 3. The normalized spacial score (nSPS) is 13.5. The Morgan fingerprint density at radius 1 is 1.17 bits per heavy atom. The summed E-state index contributed by atoms with van der Waals surface area (Å²) < 4.78 is 0. The molecule has 8 heteroatoms. The van der Waals surface area contributed by atoms with E-state index in [1.165, 1.54) is 16.2 Å². The lowest BCUT2D eigenvalue weighted by Crippen LogP contribution is -2.38. The molecule has 0 unspecified atom stereocenters. The fourth-order valence-corrected chi connectivity index (χ4v) is 2.93. The van der Waals surface area contributed by atoms with Crippen LogP contribution in [0.25, 0.3) is 0 Å². The fraction of sp³-hybridized carbons (Fsp3) is 0.188. The van der Waals surface area contributed by atoms with Crippen LogP contribution in [0, 0.1) is 0 Å². The van der Waals surface area contributed by atoms with Crippen LogP contribution in [0.15, 0.2) is 41.8 Å². The number of nitrogens with zero attached hydrogens (tertiary/aromatic N) is 1. The summed E-state index contributed by atoms with van der Waals surface area (Å²) in [6.07, 6.45) is 0. The minimum Gasteiger partial charge on any atom is -0.374 e. The van der Waals surface area contributed by atoms with E-state index >= 15 is 0 Å². The van der Waals surface area contributed by atoms with E-state index in [1.54, 1.807) is 30.3 Å². The van der Waals surface area contributed by atoms with Crippen molar-refractivity contribution in [1.82, 2.24) is 10.2 Å². The van der Waals surface area contributed by atoms with Crippen molar-refractivity contribution in [3.05, 3.63) is 46.7 Å². The van der Waals surface area contributed by atoms with Crippen molar-refractivity contribution in [2.45, 2.75) is 0 Å². The molecule has 0 radical (unpaired) electrons. The highest BCUT2D eigenvalue weighted by atomic mass is 32.1. The van der Waals surface area contributed by atoms with Gasteiger partial charge in [-0.05, 0) is 23.6 Å². The van der Waals surface area contributed by atoms with Crippen molar-refractivity contribution < 1.29 is 14.4 Å². The molecule has 7 nitrogen and oxygen atoms in total. The van der Waals surface area contributed by atoms with Crippen molar-refractivity contribution >= 4 is 40.6 Å². The molecule has 0 atom stereocenters. The first-order valence-corrected chi connectivity index (χ1v) is 8.29. The Morgan fingerprint density at radius 3 is 2.62 bits per heavy atom. The van der Waals surface area contributed by atoms with E-state index in [1.807, 2.05) is 11.4 Å². The molecule has 2 aromatic rings. The van der Waals surface area contributed by atoms with Crippen LogP contribution < -0.4 is 16.0 Å². The van der Waals surface area contributed by atoms with Gasteiger partial charge in [0.25, 0.3) is 5.91 Å². The molecule has 24 heavy (non-hydrogen) atoms. The zero-order valence-corrected chi connectivity index (χ0v) is 13.6. The van der Waals surface area contributed by atoms with Crippen LogP contribution in [0.4, 0.5) is 16.2 Å². The van der Waals surface area contributed by atoms with E-state index in [0.717, 1.165) is 0 Å². The fourth-order valence-electron chi connectivity index (χ4n) is 2.31. The van der Waals surface area contributed by atoms with Gasteiger partial charge in [0.1, 0.15) is 0 Å². The summed E-state index contributed by atoms with van der Waals surface area (Å²) in [6, 6.07) is 10.3. The van der Waals surface area contributed by atoms with Gasteiger partial charge in [-0.1, -0.05) is 18.2 Å². The molecule has 0 saturated carbocycles. The van der Waals surface area contributed by atoms with Gasteiger partial charge in [-0.2, -0.15) is 0 Å². The Balaban J connectivity index is 1.65. The molecule has 1 fully saturated rings.